The number of nitrogens with one attached hydrogen (secondary N) is 2. The van der Waals surface area contributed by atoms with Gasteiger partial charge in [0.2, 0.25) is 5.89 Å². The quantitative estimate of drug-likeness (QED) is 0.332. The van der Waals surface area contributed by atoms with Crippen LogP contribution in [0.4, 0.5) is 0 Å². The van der Waals surface area contributed by atoms with Crippen molar-refractivity contribution in [3.05, 3.63) is 54.1 Å². The van der Waals surface area contributed by atoms with Crippen LogP contribution in [0.25, 0.3) is 5.65 Å². The summed E-state index contributed by atoms with van der Waals surface area (Å²) in [4.78, 5) is 13.1. The molecule has 3 aromatic rings. The molecule has 0 fully saturated rings. The molecular weight excluding hydrogens is 455 g/mol. The van der Waals surface area contributed by atoms with E-state index in [1.165, 1.54) is 0 Å². The minimum Gasteiger partial charge on any atom is -0.443 e. The van der Waals surface area contributed by atoms with E-state index in [0.717, 1.165) is 30.1 Å². The normalized spacial score (nSPS) is 12.1. The third-order valence-electron chi connectivity index (χ3n) is 4.01. The molecule has 2 N–H and O–H groups in total. The van der Waals surface area contributed by atoms with Crippen molar-refractivity contribution in [3.8, 4) is 0 Å². The van der Waals surface area contributed by atoms with Gasteiger partial charge in [-0.1, -0.05) is 26.8 Å². The Labute approximate surface area is 176 Å². The lowest BCUT2D eigenvalue weighted by Gasteiger charge is -2.13. The highest BCUT2D eigenvalue weighted by Gasteiger charge is 2.19. The maximum atomic E-state index is 5.78. The molecule has 0 amide bonds. The molecule has 0 aliphatic carbocycles. The number of imidazole rings is 1. The van der Waals surface area contributed by atoms with Gasteiger partial charge in [-0.25, -0.2) is 9.97 Å². The summed E-state index contributed by atoms with van der Waals surface area (Å²) in [5, 5.41) is 6.51. The monoisotopic (exact) mass is 482 g/mol. The summed E-state index contributed by atoms with van der Waals surface area (Å²) in [6, 6.07) is 5.99. The van der Waals surface area contributed by atoms with Crippen molar-refractivity contribution in [2.75, 3.05) is 13.6 Å². The summed E-state index contributed by atoms with van der Waals surface area (Å²) in [6.07, 6.45) is 6.65. The zero-order valence-electron chi connectivity index (χ0n) is 16.2. The Morgan fingerprint density at radius 3 is 2.74 bits per heavy atom. The van der Waals surface area contributed by atoms with Gasteiger partial charge < -0.3 is 19.5 Å². The number of hydrogen-bond acceptors (Lipinski definition) is 4. The Kier molecular flexibility index (Phi) is 7.23. The van der Waals surface area contributed by atoms with Gasteiger partial charge in [0.1, 0.15) is 11.4 Å². The molecule has 0 spiro atoms. The van der Waals surface area contributed by atoms with Crippen molar-refractivity contribution in [1.29, 1.82) is 0 Å². The number of hydrogen-bond donors (Lipinski definition) is 2. The first-order valence-electron chi connectivity index (χ1n) is 8.78. The van der Waals surface area contributed by atoms with E-state index in [-0.39, 0.29) is 29.4 Å². The van der Waals surface area contributed by atoms with Crippen LogP contribution >= 0.6 is 24.0 Å². The molecule has 7 nitrogen and oxygen atoms in total. The summed E-state index contributed by atoms with van der Waals surface area (Å²) in [5.41, 5.74) is 1.96. The van der Waals surface area contributed by atoms with E-state index >= 15 is 0 Å². The van der Waals surface area contributed by atoms with Crippen LogP contribution in [0.15, 0.2) is 46.2 Å². The van der Waals surface area contributed by atoms with Gasteiger partial charge in [-0.15, -0.1) is 24.0 Å². The molecule has 3 heterocycles. The molecule has 0 atom stereocenters. The fourth-order valence-electron chi connectivity index (χ4n) is 2.54. The third kappa shape index (κ3) is 5.69. The molecule has 0 aliphatic heterocycles. The summed E-state index contributed by atoms with van der Waals surface area (Å²) >= 11 is 0. The maximum absolute atomic E-state index is 5.78. The lowest BCUT2D eigenvalue weighted by Crippen LogP contribution is -2.37. The molecule has 3 aromatic heterocycles. The molecule has 8 heteroatoms. The van der Waals surface area contributed by atoms with Crippen LogP contribution in [0.5, 0.6) is 0 Å². The average molecular weight is 482 g/mol. The molecule has 0 saturated heterocycles. The Bertz CT molecular complexity index is 860. The Morgan fingerprint density at radius 1 is 1.26 bits per heavy atom. The maximum Gasteiger partial charge on any atom is 0.213 e. The largest absolute Gasteiger partial charge is 0.443 e. The lowest BCUT2D eigenvalue weighted by atomic mass is 9.94. The molecule has 0 radical (unpaired) electrons. The number of aliphatic imine (C=N–C) groups is 1. The van der Waals surface area contributed by atoms with Crippen LogP contribution in [-0.4, -0.2) is 33.9 Å². The van der Waals surface area contributed by atoms with E-state index in [9.17, 15) is 0 Å². The van der Waals surface area contributed by atoms with Crippen LogP contribution in [-0.2, 0) is 18.4 Å². The first-order valence-corrected chi connectivity index (χ1v) is 8.78. The fraction of sp³-hybridized carbons (Fsp3) is 0.421. The molecule has 0 unspecified atom stereocenters. The molecule has 0 aromatic carbocycles. The summed E-state index contributed by atoms with van der Waals surface area (Å²) < 4.78 is 7.81. The van der Waals surface area contributed by atoms with E-state index in [2.05, 4.69) is 46.4 Å². The van der Waals surface area contributed by atoms with E-state index in [1.54, 1.807) is 13.2 Å². The molecular formula is C19H27IN6O. The topological polar surface area (TPSA) is 79.8 Å². The van der Waals surface area contributed by atoms with Gasteiger partial charge in [0.15, 0.2) is 5.96 Å². The molecule has 0 aliphatic rings. The first-order chi connectivity index (χ1) is 12.5. The van der Waals surface area contributed by atoms with Gasteiger partial charge in [-0.05, 0) is 12.1 Å². The highest BCUT2D eigenvalue weighted by atomic mass is 127. The zero-order chi connectivity index (χ0) is 18.6. The Hall–Kier alpha value is -2.10. The lowest BCUT2D eigenvalue weighted by molar-refractivity contribution is 0.379. The van der Waals surface area contributed by atoms with Crippen molar-refractivity contribution in [3.63, 3.8) is 0 Å². The molecule has 0 saturated carbocycles. The second-order valence-electron chi connectivity index (χ2n) is 7.17. The van der Waals surface area contributed by atoms with Crippen LogP contribution in [0.3, 0.4) is 0 Å². The highest BCUT2D eigenvalue weighted by Crippen LogP contribution is 2.22. The van der Waals surface area contributed by atoms with E-state index in [4.69, 9.17) is 4.42 Å². The zero-order valence-corrected chi connectivity index (χ0v) is 18.5. The minimum atomic E-state index is -0.0424. The summed E-state index contributed by atoms with van der Waals surface area (Å²) in [5.74, 6) is 2.24. The molecule has 27 heavy (non-hydrogen) atoms. The van der Waals surface area contributed by atoms with Gasteiger partial charge >= 0.3 is 0 Å². The predicted molar refractivity (Wildman–Crippen MR) is 118 cm³/mol. The van der Waals surface area contributed by atoms with Gasteiger partial charge in [-0.3, -0.25) is 4.99 Å². The first kappa shape index (κ1) is 21.2. The van der Waals surface area contributed by atoms with Gasteiger partial charge in [0.25, 0.3) is 0 Å². The fourth-order valence-corrected chi connectivity index (χ4v) is 2.54. The summed E-state index contributed by atoms with van der Waals surface area (Å²) in [6.45, 7) is 7.53. The van der Waals surface area contributed by atoms with Gasteiger partial charge in [0, 0.05) is 37.8 Å². The number of guanidine groups is 1. The van der Waals surface area contributed by atoms with Crippen molar-refractivity contribution < 1.29 is 4.42 Å². The SMILES string of the molecule is CN=C(NCCc1cn2ccccc2n1)NCc1ncc(C(C)(C)C)o1.I. The van der Waals surface area contributed by atoms with Crippen molar-refractivity contribution in [1.82, 2.24) is 25.0 Å². The third-order valence-corrected chi connectivity index (χ3v) is 4.01. The standard InChI is InChI=1S/C19H26N6O.HI/c1-19(2,3)15-11-22-17(26-15)12-23-18(20-4)21-9-8-14-13-25-10-6-5-7-16(25)24-14;/h5-7,10-11,13H,8-9,12H2,1-4H3,(H2,20,21,23);1H. The van der Waals surface area contributed by atoms with E-state index in [0.29, 0.717) is 18.4 Å². The number of oxazole rings is 1. The van der Waals surface area contributed by atoms with Gasteiger partial charge in [0.05, 0.1) is 18.4 Å². The number of aromatic nitrogens is 3. The number of pyridine rings is 1. The van der Waals surface area contributed by atoms with Crippen LogP contribution in [0, 0.1) is 0 Å². The van der Waals surface area contributed by atoms with Crippen LogP contribution < -0.4 is 10.6 Å². The number of rotatable bonds is 5. The predicted octanol–water partition coefficient (Wildman–Crippen LogP) is 3.15. The smallest absolute Gasteiger partial charge is 0.213 e. The Balaban J connectivity index is 0.00000261. The molecule has 3 rings (SSSR count). The van der Waals surface area contributed by atoms with Crippen molar-refractivity contribution in [2.45, 2.75) is 39.2 Å². The van der Waals surface area contributed by atoms with E-state index < -0.39 is 0 Å². The van der Waals surface area contributed by atoms with Crippen LogP contribution in [0.2, 0.25) is 0 Å². The molecule has 0 bridgehead atoms. The van der Waals surface area contributed by atoms with Crippen molar-refractivity contribution >= 4 is 35.6 Å². The van der Waals surface area contributed by atoms with E-state index in [1.807, 2.05) is 35.0 Å². The number of nitrogens with zero attached hydrogens (tertiary/aromatic N) is 4. The molecule has 146 valence electrons. The number of halogens is 1. The second-order valence-corrected chi connectivity index (χ2v) is 7.17. The summed E-state index contributed by atoms with van der Waals surface area (Å²) in [7, 11) is 1.75. The van der Waals surface area contributed by atoms with Crippen LogP contribution in [0.1, 0.15) is 38.1 Å². The highest BCUT2D eigenvalue weighted by molar-refractivity contribution is 14.0. The van der Waals surface area contributed by atoms with Crippen molar-refractivity contribution in [2.24, 2.45) is 4.99 Å². The Morgan fingerprint density at radius 2 is 2.07 bits per heavy atom. The average Bonchev–Trinajstić information content (AvgIpc) is 3.23. The number of fused-ring (bicyclic) bond motifs is 1. The second kappa shape index (κ2) is 9.20. The minimum absolute atomic E-state index is 0. The van der Waals surface area contributed by atoms with Gasteiger partial charge in [-0.2, -0.15) is 0 Å².